The predicted octanol–water partition coefficient (Wildman–Crippen LogP) is -5.42. The second kappa shape index (κ2) is 13.0. The Morgan fingerprint density at radius 2 is 1.23 bits per heavy atom. The number of aliphatic hydroxyl groups is 2. The van der Waals surface area contributed by atoms with E-state index < -0.39 is 85.8 Å². The van der Waals surface area contributed by atoms with Gasteiger partial charge in [-0.1, -0.05) is 0 Å². The average Bonchev–Trinajstić information content (AvgIpc) is 2.66. The molecule has 30 heavy (non-hydrogen) atoms. The van der Waals surface area contributed by atoms with Crippen molar-refractivity contribution in [3.05, 3.63) is 0 Å². The van der Waals surface area contributed by atoms with Crippen molar-refractivity contribution in [1.82, 2.24) is 16.0 Å². The maximum atomic E-state index is 12.3. The van der Waals surface area contributed by atoms with E-state index in [0.29, 0.717) is 0 Å². The number of nitrogens with one attached hydrogen (secondary N) is 3. The van der Waals surface area contributed by atoms with Crippen LogP contribution in [-0.4, -0.2) is 93.4 Å². The molecule has 0 radical (unpaired) electrons. The standard InChI is InChI=1S/C15H25N5O10/c16-6(1-2-11(24)25)12(26)18-7(3-10(17)23)13(27)19-8(4-21)14(28)20-9(5-22)15(29)30/h6-9,21-22H,1-5,16H2,(H2,17,23)(H,18,26)(H,19,27)(H,20,28)(H,24,25)(H,29,30). The van der Waals surface area contributed by atoms with E-state index in [0.717, 1.165) is 0 Å². The molecule has 0 fully saturated rings. The predicted molar refractivity (Wildman–Crippen MR) is 96.3 cm³/mol. The first kappa shape index (κ1) is 26.7. The lowest BCUT2D eigenvalue weighted by Gasteiger charge is -2.23. The topological polar surface area (TPSA) is 271 Å². The van der Waals surface area contributed by atoms with Crippen molar-refractivity contribution in [3.63, 3.8) is 0 Å². The largest absolute Gasteiger partial charge is 0.481 e. The van der Waals surface area contributed by atoms with E-state index >= 15 is 0 Å². The van der Waals surface area contributed by atoms with Gasteiger partial charge in [0.25, 0.3) is 0 Å². The molecule has 4 amide bonds. The van der Waals surface area contributed by atoms with Gasteiger partial charge in [0.2, 0.25) is 23.6 Å². The minimum atomic E-state index is -1.70. The summed E-state index contributed by atoms with van der Waals surface area (Å²) in [7, 11) is 0. The molecule has 0 bridgehead atoms. The molecule has 0 aromatic heterocycles. The van der Waals surface area contributed by atoms with Gasteiger partial charge in [-0.05, 0) is 6.42 Å². The van der Waals surface area contributed by atoms with Gasteiger partial charge in [0, 0.05) is 6.42 Å². The molecule has 0 rings (SSSR count). The number of rotatable bonds is 14. The molecule has 0 aromatic rings. The fourth-order valence-corrected chi connectivity index (χ4v) is 2.02. The van der Waals surface area contributed by atoms with E-state index in [-0.39, 0.29) is 6.42 Å². The summed E-state index contributed by atoms with van der Waals surface area (Å²) in [6, 6.07) is -6.31. The quantitative estimate of drug-likeness (QED) is 0.124. The van der Waals surface area contributed by atoms with Crippen LogP contribution in [0.2, 0.25) is 0 Å². The lowest BCUT2D eigenvalue weighted by Crippen LogP contribution is -2.59. The first-order valence-electron chi connectivity index (χ1n) is 8.54. The van der Waals surface area contributed by atoms with E-state index in [1.807, 2.05) is 10.6 Å². The summed E-state index contributed by atoms with van der Waals surface area (Å²) < 4.78 is 0. The van der Waals surface area contributed by atoms with Crippen LogP contribution in [0.3, 0.4) is 0 Å². The van der Waals surface area contributed by atoms with Crippen LogP contribution in [0.15, 0.2) is 0 Å². The molecule has 0 aromatic carbocycles. The third-order valence-electron chi connectivity index (χ3n) is 3.66. The minimum absolute atomic E-state index is 0.258. The van der Waals surface area contributed by atoms with Gasteiger partial charge in [-0.2, -0.15) is 0 Å². The third kappa shape index (κ3) is 9.76. The van der Waals surface area contributed by atoms with E-state index in [1.54, 1.807) is 0 Å². The van der Waals surface area contributed by atoms with Crippen molar-refractivity contribution in [2.75, 3.05) is 13.2 Å². The van der Waals surface area contributed by atoms with Gasteiger partial charge in [-0.25, -0.2) is 4.79 Å². The van der Waals surface area contributed by atoms with Crippen LogP contribution in [0, 0.1) is 0 Å². The molecule has 0 aliphatic carbocycles. The Labute approximate surface area is 169 Å². The Bertz CT molecular complexity index is 670. The Balaban J connectivity index is 5.16. The Morgan fingerprint density at radius 1 is 0.767 bits per heavy atom. The molecule has 0 aliphatic heterocycles. The molecule has 11 N–H and O–H groups in total. The van der Waals surface area contributed by atoms with E-state index in [2.05, 4.69) is 5.32 Å². The van der Waals surface area contributed by atoms with Crippen LogP contribution < -0.4 is 27.4 Å². The lowest BCUT2D eigenvalue weighted by atomic mass is 10.1. The van der Waals surface area contributed by atoms with Gasteiger partial charge in [-0.3, -0.25) is 24.0 Å². The van der Waals surface area contributed by atoms with E-state index in [1.165, 1.54) is 0 Å². The summed E-state index contributed by atoms with van der Waals surface area (Å²) in [6.07, 6.45) is -1.40. The molecular weight excluding hydrogens is 410 g/mol. The van der Waals surface area contributed by atoms with Crippen LogP contribution >= 0.6 is 0 Å². The van der Waals surface area contributed by atoms with Crippen LogP contribution in [0.25, 0.3) is 0 Å². The number of carboxylic acid groups (broad SMARTS) is 2. The SMILES string of the molecule is NC(=O)CC(NC(=O)C(N)CCC(=O)O)C(=O)NC(CO)C(=O)NC(CO)C(=O)O. The highest BCUT2D eigenvalue weighted by atomic mass is 16.4. The molecule has 15 heteroatoms. The molecule has 0 heterocycles. The summed E-state index contributed by atoms with van der Waals surface area (Å²) >= 11 is 0. The number of hydrogen-bond acceptors (Lipinski definition) is 9. The number of aliphatic carboxylic acids is 2. The fourth-order valence-electron chi connectivity index (χ4n) is 2.02. The zero-order chi connectivity index (χ0) is 23.4. The first-order chi connectivity index (χ1) is 13.9. The van der Waals surface area contributed by atoms with Gasteiger partial charge < -0.3 is 47.8 Å². The van der Waals surface area contributed by atoms with E-state index in [9.17, 15) is 33.9 Å². The number of carbonyl (C=O) groups excluding carboxylic acids is 4. The Kier molecular flexibility index (Phi) is 11.6. The zero-order valence-corrected chi connectivity index (χ0v) is 15.7. The van der Waals surface area contributed by atoms with Gasteiger partial charge in [-0.15, -0.1) is 0 Å². The molecule has 170 valence electrons. The number of hydrogen-bond donors (Lipinski definition) is 9. The van der Waals surface area contributed by atoms with Crippen LogP contribution in [0.5, 0.6) is 0 Å². The molecule has 0 aliphatic rings. The van der Waals surface area contributed by atoms with Crippen molar-refractivity contribution in [2.45, 2.75) is 43.4 Å². The van der Waals surface area contributed by atoms with Crippen molar-refractivity contribution in [1.29, 1.82) is 0 Å². The second-order valence-electron chi connectivity index (χ2n) is 6.10. The van der Waals surface area contributed by atoms with Gasteiger partial charge in [0.1, 0.15) is 18.1 Å². The molecule has 15 nitrogen and oxygen atoms in total. The maximum Gasteiger partial charge on any atom is 0.328 e. The highest BCUT2D eigenvalue weighted by molar-refractivity contribution is 5.96. The number of nitrogens with two attached hydrogens (primary N) is 2. The van der Waals surface area contributed by atoms with Gasteiger partial charge in [0.05, 0.1) is 25.7 Å². The monoisotopic (exact) mass is 435 g/mol. The smallest absolute Gasteiger partial charge is 0.328 e. The Morgan fingerprint density at radius 3 is 1.67 bits per heavy atom. The average molecular weight is 435 g/mol. The normalized spacial score (nSPS) is 14.5. The Hall–Kier alpha value is -3.30. The van der Waals surface area contributed by atoms with Crippen molar-refractivity contribution in [3.8, 4) is 0 Å². The highest BCUT2D eigenvalue weighted by Crippen LogP contribution is 2.00. The lowest BCUT2D eigenvalue weighted by molar-refractivity contribution is -0.144. The second-order valence-corrected chi connectivity index (χ2v) is 6.10. The van der Waals surface area contributed by atoms with Crippen molar-refractivity contribution < 1.29 is 49.2 Å². The molecule has 0 saturated carbocycles. The number of carboxylic acids is 2. The van der Waals surface area contributed by atoms with E-state index in [4.69, 9.17) is 26.8 Å². The third-order valence-corrected chi connectivity index (χ3v) is 3.66. The van der Waals surface area contributed by atoms with Gasteiger partial charge in [0.15, 0.2) is 0 Å². The summed E-state index contributed by atoms with van der Waals surface area (Å²) in [4.78, 5) is 68.9. The minimum Gasteiger partial charge on any atom is -0.481 e. The summed E-state index contributed by atoms with van der Waals surface area (Å²) in [5.74, 6) is -7.03. The number of primary amides is 1. The van der Waals surface area contributed by atoms with Crippen molar-refractivity contribution in [2.24, 2.45) is 11.5 Å². The summed E-state index contributed by atoms with van der Waals surface area (Å²) in [5.41, 5.74) is 10.5. The van der Waals surface area contributed by atoms with Crippen LogP contribution in [-0.2, 0) is 28.8 Å². The molecular formula is C15H25N5O10. The molecule has 4 unspecified atom stereocenters. The number of aliphatic hydroxyl groups excluding tert-OH is 2. The zero-order valence-electron chi connectivity index (χ0n) is 15.7. The maximum absolute atomic E-state index is 12.3. The fraction of sp³-hybridized carbons (Fsp3) is 0.600. The number of carbonyl (C=O) groups is 6. The number of amides is 4. The molecule has 4 atom stereocenters. The van der Waals surface area contributed by atoms with Gasteiger partial charge >= 0.3 is 11.9 Å². The first-order valence-corrected chi connectivity index (χ1v) is 8.54. The summed E-state index contributed by atoms with van der Waals surface area (Å²) in [6.45, 7) is -1.94. The summed E-state index contributed by atoms with van der Waals surface area (Å²) in [5, 5.41) is 41.6. The molecule has 0 spiro atoms. The van der Waals surface area contributed by atoms with Crippen molar-refractivity contribution >= 4 is 35.6 Å². The van der Waals surface area contributed by atoms with Crippen LogP contribution in [0.4, 0.5) is 0 Å². The highest BCUT2D eigenvalue weighted by Gasteiger charge is 2.30. The van der Waals surface area contributed by atoms with Crippen LogP contribution in [0.1, 0.15) is 19.3 Å². The molecule has 0 saturated heterocycles.